The maximum Gasteiger partial charge on any atom is 0.417 e. The van der Waals surface area contributed by atoms with Gasteiger partial charge in [0.2, 0.25) is 0 Å². The molecule has 34 heavy (non-hydrogen) atoms. The van der Waals surface area contributed by atoms with Crippen LogP contribution in [0.1, 0.15) is 27.2 Å². The summed E-state index contributed by atoms with van der Waals surface area (Å²) >= 11 is 9.57. The summed E-state index contributed by atoms with van der Waals surface area (Å²) in [6.45, 7) is 0.0249. The number of rotatable bonds is 8. The van der Waals surface area contributed by atoms with Crippen molar-refractivity contribution >= 4 is 46.1 Å². The van der Waals surface area contributed by atoms with Gasteiger partial charge in [-0.05, 0) is 54.4 Å². The Bertz CT molecular complexity index is 1180. The lowest BCUT2D eigenvalue weighted by molar-refractivity contribution is -0.137. The molecule has 12 heteroatoms. The number of alkyl halides is 3. The first-order chi connectivity index (χ1) is 16.1. The van der Waals surface area contributed by atoms with Gasteiger partial charge in [0.1, 0.15) is 0 Å². The van der Waals surface area contributed by atoms with Crippen molar-refractivity contribution in [2.24, 2.45) is 0 Å². The average molecular weight is 531 g/mol. The molecule has 180 valence electrons. The number of benzene rings is 2. The van der Waals surface area contributed by atoms with Gasteiger partial charge in [0.15, 0.2) is 0 Å². The second-order valence-electron chi connectivity index (χ2n) is 7.05. The zero-order valence-corrected chi connectivity index (χ0v) is 19.6. The summed E-state index contributed by atoms with van der Waals surface area (Å²) in [4.78, 5) is 16.1. The monoisotopic (exact) mass is 530 g/mol. The highest BCUT2D eigenvalue weighted by Crippen LogP contribution is 2.28. The summed E-state index contributed by atoms with van der Waals surface area (Å²) in [6, 6.07) is 13.0. The Labute approximate surface area is 206 Å². The van der Waals surface area contributed by atoms with Gasteiger partial charge in [-0.2, -0.15) is 13.2 Å². The van der Waals surface area contributed by atoms with Crippen molar-refractivity contribution in [3.8, 4) is 0 Å². The Morgan fingerprint density at radius 1 is 1.09 bits per heavy atom. The van der Waals surface area contributed by atoms with Crippen molar-refractivity contribution in [1.29, 1.82) is 0 Å². The van der Waals surface area contributed by atoms with Crippen LogP contribution in [0, 0.1) is 0 Å². The van der Waals surface area contributed by atoms with Gasteiger partial charge in [0, 0.05) is 35.3 Å². The van der Waals surface area contributed by atoms with E-state index in [0.717, 1.165) is 10.4 Å². The quantitative estimate of drug-likeness (QED) is 0.406. The Kier molecular flexibility index (Phi) is 8.53. The van der Waals surface area contributed by atoms with Crippen LogP contribution in [-0.2, 0) is 30.4 Å². The van der Waals surface area contributed by atoms with Crippen LogP contribution in [0.25, 0.3) is 0 Å². The van der Waals surface area contributed by atoms with Crippen LogP contribution in [-0.4, -0.2) is 26.2 Å². The first kappa shape index (κ1) is 26.0. The summed E-state index contributed by atoms with van der Waals surface area (Å²) in [5, 5.41) is 3.29. The average Bonchev–Trinajstić information content (AvgIpc) is 2.80. The van der Waals surface area contributed by atoms with Gasteiger partial charge in [0.05, 0.1) is 27.8 Å². The van der Waals surface area contributed by atoms with Crippen LogP contribution in [0.15, 0.2) is 60.8 Å². The number of hydrogen-bond donors (Lipinski definition) is 1. The van der Waals surface area contributed by atoms with E-state index >= 15 is 0 Å². The summed E-state index contributed by atoms with van der Waals surface area (Å²) in [5.74, 6) is -0.492. The van der Waals surface area contributed by atoms with E-state index in [0.29, 0.717) is 33.9 Å². The molecule has 6 nitrogen and oxygen atoms in total. The lowest BCUT2D eigenvalue weighted by Crippen LogP contribution is -2.28. The minimum atomic E-state index is -4.49. The molecule has 0 aliphatic rings. The summed E-state index contributed by atoms with van der Waals surface area (Å²) < 4.78 is 62.4. The number of nitrogens with zero attached hydrogens (tertiary/aromatic N) is 2. The van der Waals surface area contributed by atoms with Gasteiger partial charge in [-0.15, -0.1) is 0 Å². The maximum atomic E-state index is 12.6. The van der Waals surface area contributed by atoms with Gasteiger partial charge < -0.3 is 14.2 Å². The van der Waals surface area contributed by atoms with Crippen LogP contribution in [0.4, 0.5) is 18.9 Å². The standard InChI is InChI=1S/C22H18Cl2F3N3O3S/c23-19-3-1-2-14(20(19)24)10-11-30(34(32)33)18-8-4-15(5-9-18)21(31)29-13-17-7-6-16(12-28-17)22(25,26)27/h1-9,12H,10-11,13H2,(H,29,31)(H,32,33)/p-1. The van der Waals surface area contributed by atoms with Crippen LogP contribution < -0.4 is 9.62 Å². The molecular weight excluding hydrogens is 514 g/mol. The Hall–Kier alpha value is -2.66. The van der Waals surface area contributed by atoms with Crippen molar-refractivity contribution in [3.63, 3.8) is 0 Å². The number of amides is 1. The van der Waals surface area contributed by atoms with E-state index in [1.165, 1.54) is 30.3 Å². The minimum absolute atomic E-state index is 0.0736. The molecule has 1 heterocycles. The fourth-order valence-corrected chi connectivity index (χ4v) is 3.95. The summed E-state index contributed by atoms with van der Waals surface area (Å²) in [6.07, 6.45) is -3.47. The highest BCUT2D eigenvalue weighted by molar-refractivity contribution is 7.80. The molecule has 1 amide bonds. The number of nitrogens with one attached hydrogen (secondary N) is 1. The zero-order chi connectivity index (χ0) is 24.9. The SMILES string of the molecule is O=C(NCc1ccc(C(F)(F)F)cn1)c1ccc(N(CCc2cccc(Cl)c2Cl)S(=O)[O-])cc1. The number of halogens is 5. The van der Waals surface area contributed by atoms with E-state index in [2.05, 4.69) is 10.3 Å². The summed E-state index contributed by atoms with van der Waals surface area (Å²) in [5.41, 5.74) is 0.650. The number of hydrogen-bond acceptors (Lipinski definition) is 4. The molecule has 0 saturated heterocycles. The summed E-state index contributed by atoms with van der Waals surface area (Å²) in [7, 11) is 0. The van der Waals surface area contributed by atoms with E-state index in [1.54, 1.807) is 18.2 Å². The molecule has 1 aromatic heterocycles. The minimum Gasteiger partial charge on any atom is -0.755 e. The molecule has 0 spiro atoms. The number of carbonyl (C=O) groups is 1. The van der Waals surface area contributed by atoms with Crippen LogP contribution in [0.5, 0.6) is 0 Å². The molecule has 1 unspecified atom stereocenters. The van der Waals surface area contributed by atoms with E-state index in [-0.39, 0.29) is 24.3 Å². The van der Waals surface area contributed by atoms with E-state index in [4.69, 9.17) is 23.2 Å². The third-order valence-corrected chi connectivity index (χ3v) is 6.41. The third kappa shape index (κ3) is 6.69. The number of aromatic nitrogens is 1. The molecule has 0 radical (unpaired) electrons. The first-order valence-corrected chi connectivity index (χ1v) is 11.5. The molecule has 0 fully saturated rings. The van der Waals surface area contributed by atoms with Crippen molar-refractivity contribution in [3.05, 3.63) is 93.2 Å². The first-order valence-electron chi connectivity index (χ1n) is 9.76. The Balaban J connectivity index is 1.62. The second kappa shape index (κ2) is 11.2. The molecule has 3 aromatic rings. The van der Waals surface area contributed by atoms with Gasteiger partial charge in [0.25, 0.3) is 5.91 Å². The molecule has 2 aromatic carbocycles. The predicted molar refractivity (Wildman–Crippen MR) is 123 cm³/mol. The Morgan fingerprint density at radius 2 is 1.79 bits per heavy atom. The maximum absolute atomic E-state index is 12.6. The molecule has 1 atom stereocenters. The van der Waals surface area contributed by atoms with Crippen molar-refractivity contribution in [1.82, 2.24) is 10.3 Å². The number of anilines is 1. The molecular formula is C22H17Cl2F3N3O3S-. The molecule has 0 aliphatic heterocycles. The van der Waals surface area contributed by atoms with Crippen LogP contribution in [0.2, 0.25) is 10.0 Å². The Morgan fingerprint density at radius 3 is 2.38 bits per heavy atom. The third-order valence-electron chi connectivity index (χ3n) is 4.80. The lowest BCUT2D eigenvalue weighted by atomic mass is 10.1. The van der Waals surface area contributed by atoms with Crippen molar-refractivity contribution in [2.45, 2.75) is 19.1 Å². The largest absolute Gasteiger partial charge is 0.755 e. The highest BCUT2D eigenvalue weighted by atomic mass is 35.5. The fraction of sp³-hybridized carbons (Fsp3) is 0.182. The van der Waals surface area contributed by atoms with Gasteiger partial charge in [-0.3, -0.25) is 14.0 Å². The molecule has 0 aliphatic carbocycles. The lowest BCUT2D eigenvalue weighted by Gasteiger charge is -2.26. The fourth-order valence-electron chi connectivity index (χ4n) is 3.00. The predicted octanol–water partition coefficient (Wildman–Crippen LogP) is 5.18. The topological polar surface area (TPSA) is 85.4 Å². The smallest absolute Gasteiger partial charge is 0.417 e. The second-order valence-corrected chi connectivity index (χ2v) is 8.71. The zero-order valence-electron chi connectivity index (χ0n) is 17.3. The number of pyridine rings is 1. The molecule has 0 bridgehead atoms. The van der Waals surface area contributed by atoms with Gasteiger partial charge >= 0.3 is 6.18 Å². The van der Waals surface area contributed by atoms with Gasteiger partial charge in [-0.1, -0.05) is 35.3 Å². The molecule has 0 saturated carbocycles. The molecule has 1 N–H and O–H groups in total. The van der Waals surface area contributed by atoms with Crippen LogP contribution in [0.3, 0.4) is 0 Å². The van der Waals surface area contributed by atoms with Crippen molar-refractivity contribution < 1.29 is 26.7 Å². The number of carbonyl (C=O) groups excluding carboxylic acids is 1. The molecule has 3 rings (SSSR count). The normalized spacial score (nSPS) is 12.3. The van der Waals surface area contributed by atoms with E-state index in [9.17, 15) is 26.7 Å². The van der Waals surface area contributed by atoms with Crippen LogP contribution >= 0.6 is 23.2 Å². The van der Waals surface area contributed by atoms with E-state index in [1.807, 2.05) is 0 Å². The van der Waals surface area contributed by atoms with Crippen molar-refractivity contribution in [2.75, 3.05) is 10.8 Å². The van der Waals surface area contributed by atoms with Gasteiger partial charge in [-0.25, -0.2) is 0 Å². The van der Waals surface area contributed by atoms with E-state index < -0.39 is 28.9 Å². The highest BCUT2D eigenvalue weighted by Gasteiger charge is 2.30.